The molecule has 1 aliphatic rings. The summed E-state index contributed by atoms with van der Waals surface area (Å²) in [4.78, 5) is 5.01. The number of morpholine rings is 1. The standard InChI is InChI=1S/C16H26N2O/c1-3-17(4-2)10-11-18-12-13-19-16(14-18)15-8-6-5-7-9-15/h5-9,16H,3-4,10-14H2,1-2H3. The molecule has 3 heteroatoms. The molecule has 0 bridgehead atoms. The Balaban J connectivity index is 1.84. The summed E-state index contributed by atoms with van der Waals surface area (Å²) in [6.07, 6.45) is 0.242. The highest BCUT2D eigenvalue weighted by Crippen LogP contribution is 2.21. The molecule has 0 spiro atoms. The zero-order valence-corrected chi connectivity index (χ0v) is 12.2. The van der Waals surface area contributed by atoms with Crippen LogP contribution in [0.5, 0.6) is 0 Å². The first-order valence-electron chi connectivity index (χ1n) is 7.44. The van der Waals surface area contributed by atoms with Crippen LogP contribution in [0.4, 0.5) is 0 Å². The lowest BCUT2D eigenvalue weighted by Gasteiger charge is -2.34. The van der Waals surface area contributed by atoms with Crippen LogP contribution >= 0.6 is 0 Å². The second kappa shape index (κ2) is 7.63. The van der Waals surface area contributed by atoms with E-state index in [9.17, 15) is 0 Å². The van der Waals surface area contributed by atoms with Crippen LogP contribution in [0.2, 0.25) is 0 Å². The smallest absolute Gasteiger partial charge is 0.0952 e. The zero-order chi connectivity index (χ0) is 13.5. The van der Waals surface area contributed by atoms with Gasteiger partial charge in [0.05, 0.1) is 12.7 Å². The molecule has 0 saturated carbocycles. The topological polar surface area (TPSA) is 15.7 Å². The first-order valence-corrected chi connectivity index (χ1v) is 7.44. The third-order valence-electron chi connectivity index (χ3n) is 3.95. The summed E-state index contributed by atoms with van der Waals surface area (Å²) in [5, 5.41) is 0. The zero-order valence-electron chi connectivity index (χ0n) is 12.2. The predicted molar refractivity (Wildman–Crippen MR) is 79.4 cm³/mol. The van der Waals surface area contributed by atoms with E-state index in [0.29, 0.717) is 0 Å². The van der Waals surface area contributed by atoms with E-state index in [2.05, 4.69) is 54.0 Å². The molecule has 1 aromatic rings. The van der Waals surface area contributed by atoms with Crippen LogP contribution in [0.3, 0.4) is 0 Å². The first kappa shape index (κ1) is 14.5. The van der Waals surface area contributed by atoms with E-state index >= 15 is 0 Å². The molecule has 0 aliphatic carbocycles. The van der Waals surface area contributed by atoms with E-state index < -0.39 is 0 Å². The Bertz CT molecular complexity index is 351. The van der Waals surface area contributed by atoms with Crippen molar-refractivity contribution in [1.29, 1.82) is 0 Å². The predicted octanol–water partition coefficient (Wildman–Crippen LogP) is 2.40. The maximum Gasteiger partial charge on any atom is 0.0952 e. The van der Waals surface area contributed by atoms with Crippen LogP contribution in [0.15, 0.2) is 30.3 Å². The lowest BCUT2D eigenvalue weighted by atomic mass is 10.1. The van der Waals surface area contributed by atoms with Gasteiger partial charge < -0.3 is 9.64 Å². The minimum atomic E-state index is 0.242. The van der Waals surface area contributed by atoms with Gasteiger partial charge in [-0.2, -0.15) is 0 Å². The Hall–Kier alpha value is -0.900. The van der Waals surface area contributed by atoms with Crippen LogP contribution in [-0.4, -0.2) is 55.7 Å². The minimum Gasteiger partial charge on any atom is -0.371 e. The van der Waals surface area contributed by atoms with Gasteiger partial charge in [0.1, 0.15) is 0 Å². The monoisotopic (exact) mass is 262 g/mol. The Morgan fingerprint density at radius 1 is 1.21 bits per heavy atom. The molecule has 1 saturated heterocycles. The Morgan fingerprint density at radius 2 is 1.95 bits per heavy atom. The van der Waals surface area contributed by atoms with Gasteiger partial charge in [-0.3, -0.25) is 4.90 Å². The molecule has 3 nitrogen and oxygen atoms in total. The average Bonchev–Trinajstić information content (AvgIpc) is 2.49. The average molecular weight is 262 g/mol. The van der Waals surface area contributed by atoms with E-state index in [1.165, 1.54) is 5.56 Å². The molecule has 1 aliphatic heterocycles. The highest BCUT2D eigenvalue weighted by atomic mass is 16.5. The van der Waals surface area contributed by atoms with Gasteiger partial charge in [0, 0.05) is 26.2 Å². The van der Waals surface area contributed by atoms with Gasteiger partial charge in [-0.05, 0) is 18.7 Å². The summed E-state index contributed by atoms with van der Waals surface area (Å²) in [6, 6.07) is 10.6. The van der Waals surface area contributed by atoms with Gasteiger partial charge in [0.25, 0.3) is 0 Å². The minimum absolute atomic E-state index is 0.242. The molecular weight excluding hydrogens is 236 g/mol. The Morgan fingerprint density at radius 3 is 2.63 bits per heavy atom. The molecule has 106 valence electrons. The van der Waals surface area contributed by atoms with Crippen molar-refractivity contribution in [2.75, 3.05) is 45.9 Å². The molecule has 0 radical (unpaired) electrons. The quantitative estimate of drug-likeness (QED) is 0.783. The number of ether oxygens (including phenoxy) is 1. The summed E-state index contributed by atoms with van der Waals surface area (Å²) < 4.78 is 5.90. The first-order chi connectivity index (χ1) is 9.33. The molecule has 1 unspecified atom stereocenters. The van der Waals surface area contributed by atoms with Crippen molar-refractivity contribution in [2.45, 2.75) is 20.0 Å². The van der Waals surface area contributed by atoms with E-state index in [0.717, 1.165) is 45.9 Å². The fourth-order valence-corrected chi connectivity index (χ4v) is 2.60. The molecule has 0 N–H and O–H groups in total. The number of hydrogen-bond acceptors (Lipinski definition) is 3. The molecule has 19 heavy (non-hydrogen) atoms. The number of benzene rings is 1. The Labute approximate surface area is 117 Å². The van der Waals surface area contributed by atoms with Crippen LogP contribution in [-0.2, 0) is 4.74 Å². The van der Waals surface area contributed by atoms with Crippen molar-refractivity contribution in [3.05, 3.63) is 35.9 Å². The fraction of sp³-hybridized carbons (Fsp3) is 0.625. The van der Waals surface area contributed by atoms with Gasteiger partial charge in [0.15, 0.2) is 0 Å². The van der Waals surface area contributed by atoms with Crippen molar-refractivity contribution < 1.29 is 4.74 Å². The van der Waals surface area contributed by atoms with E-state index in [1.807, 2.05) is 0 Å². The second-order valence-corrected chi connectivity index (χ2v) is 5.10. The summed E-state index contributed by atoms with van der Waals surface area (Å²) >= 11 is 0. The molecule has 1 fully saturated rings. The SMILES string of the molecule is CCN(CC)CCN1CCOC(c2ccccc2)C1. The second-order valence-electron chi connectivity index (χ2n) is 5.10. The molecular formula is C16H26N2O. The van der Waals surface area contributed by atoms with Crippen LogP contribution < -0.4 is 0 Å². The molecule has 0 amide bonds. The number of hydrogen-bond donors (Lipinski definition) is 0. The van der Waals surface area contributed by atoms with Crippen molar-refractivity contribution in [3.63, 3.8) is 0 Å². The summed E-state index contributed by atoms with van der Waals surface area (Å²) in [7, 11) is 0. The molecule has 1 atom stereocenters. The summed E-state index contributed by atoms with van der Waals surface area (Å²) in [6.45, 7) is 12.0. The maximum atomic E-state index is 5.90. The Kier molecular flexibility index (Phi) is 5.83. The number of likely N-dealkylation sites (N-methyl/N-ethyl adjacent to an activating group) is 1. The van der Waals surface area contributed by atoms with Crippen LogP contribution in [0.25, 0.3) is 0 Å². The van der Waals surface area contributed by atoms with Gasteiger partial charge in [-0.1, -0.05) is 44.2 Å². The lowest BCUT2D eigenvalue weighted by Crippen LogP contribution is -2.42. The van der Waals surface area contributed by atoms with Crippen molar-refractivity contribution in [3.8, 4) is 0 Å². The van der Waals surface area contributed by atoms with Gasteiger partial charge in [0.2, 0.25) is 0 Å². The fourth-order valence-electron chi connectivity index (χ4n) is 2.60. The van der Waals surface area contributed by atoms with E-state index in [4.69, 9.17) is 4.74 Å². The van der Waals surface area contributed by atoms with E-state index in [1.54, 1.807) is 0 Å². The van der Waals surface area contributed by atoms with Crippen LogP contribution in [0.1, 0.15) is 25.5 Å². The number of rotatable bonds is 6. The third-order valence-corrected chi connectivity index (χ3v) is 3.95. The molecule has 2 rings (SSSR count). The maximum absolute atomic E-state index is 5.90. The number of nitrogens with zero attached hydrogens (tertiary/aromatic N) is 2. The van der Waals surface area contributed by atoms with E-state index in [-0.39, 0.29) is 6.10 Å². The lowest BCUT2D eigenvalue weighted by molar-refractivity contribution is -0.0319. The van der Waals surface area contributed by atoms with Crippen molar-refractivity contribution in [2.24, 2.45) is 0 Å². The van der Waals surface area contributed by atoms with Crippen molar-refractivity contribution in [1.82, 2.24) is 9.80 Å². The summed E-state index contributed by atoms with van der Waals surface area (Å²) in [5.41, 5.74) is 1.30. The van der Waals surface area contributed by atoms with Gasteiger partial charge in [-0.15, -0.1) is 0 Å². The van der Waals surface area contributed by atoms with Gasteiger partial charge >= 0.3 is 0 Å². The highest BCUT2D eigenvalue weighted by Gasteiger charge is 2.21. The van der Waals surface area contributed by atoms with Crippen molar-refractivity contribution >= 4 is 0 Å². The van der Waals surface area contributed by atoms with Gasteiger partial charge in [-0.25, -0.2) is 0 Å². The third kappa shape index (κ3) is 4.30. The highest BCUT2D eigenvalue weighted by molar-refractivity contribution is 5.18. The molecule has 1 aromatic carbocycles. The largest absolute Gasteiger partial charge is 0.371 e. The van der Waals surface area contributed by atoms with Crippen LogP contribution in [0, 0.1) is 0 Å². The normalized spacial score (nSPS) is 20.9. The summed E-state index contributed by atoms with van der Waals surface area (Å²) in [5.74, 6) is 0. The molecule has 0 aromatic heterocycles. The molecule has 1 heterocycles.